The molecule has 1 aromatic heterocycles. The zero-order chi connectivity index (χ0) is 22.0. The lowest BCUT2D eigenvalue weighted by atomic mass is 10.0. The SMILES string of the molecule is [B]C(=O)Nc1ccc(F)cc1Nc1ncc(N)c(NC2CCOc3c(F)cccc32)n1. The summed E-state index contributed by atoms with van der Waals surface area (Å²) in [5.74, 6) is -1.18. The fraction of sp³-hybridized carbons (Fsp3) is 0.150. The maximum Gasteiger partial charge on any atom is 0.229 e. The molecule has 0 bridgehead atoms. The van der Waals surface area contributed by atoms with Crippen molar-refractivity contribution < 1.29 is 18.3 Å². The fourth-order valence-corrected chi connectivity index (χ4v) is 3.25. The van der Waals surface area contributed by atoms with E-state index in [0.29, 0.717) is 24.4 Å². The summed E-state index contributed by atoms with van der Waals surface area (Å²) >= 11 is 0. The van der Waals surface area contributed by atoms with Gasteiger partial charge in [0, 0.05) is 12.0 Å². The summed E-state index contributed by atoms with van der Waals surface area (Å²) in [6.07, 6.45) is 1.95. The van der Waals surface area contributed by atoms with Crippen molar-refractivity contribution in [3.63, 3.8) is 0 Å². The first-order chi connectivity index (χ1) is 14.9. The lowest BCUT2D eigenvalue weighted by Crippen LogP contribution is -2.22. The number of nitrogens with one attached hydrogen (secondary N) is 3. The number of nitrogens with two attached hydrogens (primary N) is 1. The number of benzene rings is 2. The van der Waals surface area contributed by atoms with Crippen molar-refractivity contribution in [1.82, 2.24) is 9.97 Å². The number of ether oxygens (including phenoxy) is 1. The highest BCUT2D eigenvalue weighted by Gasteiger charge is 2.25. The molecule has 0 spiro atoms. The van der Waals surface area contributed by atoms with Crippen molar-refractivity contribution in [2.75, 3.05) is 28.3 Å². The van der Waals surface area contributed by atoms with Crippen LogP contribution in [0, 0.1) is 11.6 Å². The number of anilines is 5. The van der Waals surface area contributed by atoms with Crippen LogP contribution in [-0.2, 0) is 0 Å². The fourth-order valence-electron chi connectivity index (χ4n) is 3.25. The number of halogens is 2. The normalized spacial score (nSPS) is 14.8. The van der Waals surface area contributed by atoms with E-state index in [4.69, 9.17) is 18.3 Å². The van der Waals surface area contributed by atoms with Crippen LogP contribution in [0.25, 0.3) is 0 Å². The average molecular weight is 422 g/mol. The Morgan fingerprint density at radius 3 is 2.87 bits per heavy atom. The van der Waals surface area contributed by atoms with Crippen LogP contribution in [-0.4, -0.2) is 30.2 Å². The minimum Gasteiger partial charge on any atom is -0.490 e. The number of rotatable bonds is 5. The van der Waals surface area contributed by atoms with Crippen LogP contribution in [0.1, 0.15) is 18.0 Å². The summed E-state index contributed by atoms with van der Waals surface area (Å²) in [4.78, 5) is 19.6. The van der Waals surface area contributed by atoms with Gasteiger partial charge in [-0.05, 0) is 24.3 Å². The molecule has 11 heteroatoms. The molecule has 2 heterocycles. The predicted molar refractivity (Wildman–Crippen MR) is 114 cm³/mol. The Hall–Kier alpha value is -3.89. The molecule has 0 fully saturated rings. The zero-order valence-electron chi connectivity index (χ0n) is 16.2. The number of amides is 1. The van der Waals surface area contributed by atoms with E-state index in [1.165, 1.54) is 24.4 Å². The van der Waals surface area contributed by atoms with Crippen molar-refractivity contribution in [2.24, 2.45) is 0 Å². The topological polar surface area (TPSA) is 114 Å². The van der Waals surface area contributed by atoms with Gasteiger partial charge in [0.1, 0.15) is 5.82 Å². The first kappa shape index (κ1) is 20.4. The summed E-state index contributed by atoms with van der Waals surface area (Å²) in [5.41, 5.74) is 7.38. The van der Waals surface area contributed by atoms with Gasteiger partial charge in [-0.25, -0.2) is 13.8 Å². The molecule has 31 heavy (non-hydrogen) atoms. The number of carbonyl (C=O) groups is 1. The Bertz CT molecular complexity index is 1150. The van der Waals surface area contributed by atoms with Gasteiger partial charge >= 0.3 is 0 Å². The number of nitrogen functional groups attached to an aromatic ring is 1. The standard InChI is InChI=1S/C20H17BF2N6O2/c21-19(30)27-15-5-4-10(22)8-16(15)28-20-25-9-13(24)18(29-20)26-14-6-7-31-17-11(14)2-1-3-12(17)23/h1-5,8-9,14H,6-7,24H2,(H,27,30)(H2,25,26,28,29). The van der Waals surface area contributed by atoms with E-state index >= 15 is 0 Å². The van der Waals surface area contributed by atoms with Gasteiger partial charge in [-0.3, -0.25) is 4.79 Å². The van der Waals surface area contributed by atoms with Crippen molar-refractivity contribution in [3.05, 3.63) is 59.8 Å². The predicted octanol–water partition coefficient (Wildman–Crippen LogP) is 3.72. The summed E-state index contributed by atoms with van der Waals surface area (Å²) in [7, 11) is 5.16. The van der Waals surface area contributed by atoms with Crippen molar-refractivity contribution in [3.8, 4) is 5.75 Å². The van der Waals surface area contributed by atoms with Crippen LogP contribution in [0.15, 0.2) is 42.6 Å². The van der Waals surface area contributed by atoms with Gasteiger partial charge in [-0.15, -0.1) is 0 Å². The van der Waals surface area contributed by atoms with Gasteiger partial charge < -0.3 is 26.4 Å². The number of para-hydroxylation sites is 1. The Morgan fingerprint density at radius 2 is 2.06 bits per heavy atom. The molecule has 1 amide bonds. The van der Waals surface area contributed by atoms with E-state index in [0.717, 1.165) is 6.07 Å². The van der Waals surface area contributed by atoms with E-state index in [2.05, 4.69) is 25.9 Å². The van der Waals surface area contributed by atoms with Gasteiger partial charge in [0.2, 0.25) is 13.8 Å². The summed E-state index contributed by atoms with van der Waals surface area (Å²) < 4.78 is 33.2. The maximum atomic E-state index is 14.0. The van der Waals surface area contributed by atoms with E-state index in [1.807, 2.05) is 0 Å². The van der Waals surface area contributed by atoms with Crippen LogP contribution in [0.2, 0.25) is 0 Å². The molecule has 2 aromatic carbocycles. The molecule has 0 aliphatic carbocycles. The highest BCUT2D eigenvalue weighted by atomic mass is 19.1. The van der Waals surface area contributed by atoms with Crippen molar-refractivity contribution in [2.45, 2.75) is 12.5 Å². The van der Waals surface area contributed by atoms with Crippen LogP contribution in [0.4, 0.5) is 42.4 Å². The largest absolute Gasteiger partial charge is 0.490 e. The van der Waals surface area contributed by atoms with Crippen molar-refractivity contribution >= 4 is 42.5 Å². The maximum absolute atomic E-state index is 14.0. The minimum absolute atomic E-state index is 0.0985. The molecular formula is C20H17BF2N6O2. The smallest absolute Gasteiger partial charge is 0.229 e. The molecule has 1 aliphatic heterocycles. The van der Waals surface area contributed by atoms with Gasteiger partial charge in [0.05, 0.1) is 35.9 Å². The number of hydrogen-bond acceptors (Lipinski definition) is 7. The molecule has 0 saturated heterocycles. The van der Waals surface area contributed by atoms with Crippen LogP contribution < -0.4 is 26.4 Å². The Labute approximate surface area is 177 Å². The zero-order valence-corrected chi connectivity index (χ0v) is 16.2. The first-order valence-electron chi connectivity index (χ1n) is 9.34. The highest BCUT2D eigenvalue weighted by Crippen LogP contribution is 2.37. The lowest BCUT2D eigenvalue weighted by Gasteiger charge is -2.27. The number of hydrogen-bond donors (Lipinski definition) is 4. The molecule has 156 valence electrons. The quantitative estimate of drug-likeness (QED) is 0.464. The third-order valence-electron chi connectivity index (χ3n) is 4.64. The molecular weight excluding hydrogens is 405 g/mol. The third-order valence-corrected chi connectivity index (χ3v) is 4.64. The minimum atomic E-state index is -0.805. The van der Waals surface area contributed by atoms with E-state index in [1.54, 1.807) is 12.1 Å². The van der Waals surface area contributed by atoms with Gasteiger partial charge in [-0.2, -0.15) is 4.98 Å². The van der Waals surface area contributed by atoms with Crippen molar-refractivity contribution in [1.29, 1.82) is 0 Å². The molecule has 0 saturated carbocycles. The van der Waals surface area contributed by atoms with E-state index in [9.17, 15) is 13.6 Å². The Kier molecular flexibility index (Phi) is 5.57. The molecule has 1 atom stereocenters. The van der Waals surface area contributed by atoms with Gasteiger partial charge in [0.25, 0.3) is 0 Å². The van der Waals surface area contributed by atoms with E-state index in [-0.39, 0.29) is 34.8 Å². The molecule has 8 nitrogen and oxygen atoms in total. The van der Waals surface area contributed by atoms with Gasteiger partial charge in [-0.1, -0.05) is 12.1 Å². The number of fused-ring (bicyclic) bond motifs is 1. The average Bonchev–Trinajstić information content (AvgIpc) is 2.73. The summed E-state index contributed by atoms with van der Waals surface area (Å²) in [5, 5.41) is 8.42. The Balaban J connectivity index is 1.61. The summed E-state index contributed by atoms with van der Waals surface area (Å²) in [6.45, 7) is 0.327. The Morgan fingerprint density at radius 1 is 1.23 bits per heavy atom. The molecule has 2 radical (unpaired) electrons. The third kappa shape index (κ3) is 4.50. The number of carbonyl (C=O) groups excluding carboxylic acids is 1. The number of nitrogens with zero attached hydrogens (tertiary/aromatic N) is 2. The molecule has 4 rings (SSSR count). The monoisotopic (exact) mass is 422 g/mol. The number of aromatic nitrogens is 2. The molecule has 1 aliphatic rings. The highest BCUT2D eigenvalue weighted by molar-refractivity contribution is 6.60. The van der Waals surface area contributed by atoms with Gasteiger partial charge in [0.15, 0.2) is 23.2 Å². The lowest BCUT2D eigenvalue weighted by molar-refractivity contribution is 0.260. The van der Waals surface area contributed by atoms with Crippen LogP contribution >= 0.6 is 0 Å². The molecule has 5 N–H and O–H groups in total. The summed E-state index contributed by atoms with van der Waals surface area (Å²) in [6, 6.07) is 8.10. The second-order valence-electron chi connectivity index (χ2n) is 6.79. The van der Waals surface area contributed by atoms with E-state index < -0.39 is 17.4 Å². The second kappa shape index (κ2) is 8.46. The van der Waals surface area contributed by atoms with Crippen LogP contribution in [0.3, 0.4) is 0 Å². The molecule has 3 aromatic rings. The molecule has 1 unspecified atom stereocenters. The second-order valence-corrected chi connectivity index (χ2v) is 6.79. The van der Waals surface area contributed by atoms with Crippen LogP contribution in [0.5, 0.6) is 5.75 Å². The first-order valence-corrected chi connectivity index (χ1v) is 9.34.